The minimum absolute atomic E-state index is 0.0224. The maximum atomic E-state index is 15.0. The zero-order valence-corrected chi connectivity index (χ0v) is 49.7. The first-order valence-corrected chi connectivity index (χ1v) is 31.9. The molecule has 1 spiro atoms. The van der Waals surface area contributed by atoms with Gasteiger partial charge in [0.2, 0.25) is 5.88 Å². The van der Waals surface area contributed by atoms with E-state index in [1.54, 1.807) is 6.07 Å². The van der Waals surface area contributed by atoms with Gasteiger partial charge in [-0.05, 0) is 131 Å². The van der Waals surface area contributed by atoms with Gasteiger partial charge in [-0.2, -0.15) is 4.98 Å². The molecule has 85 heavy (non-hydrogen) atoms. The summed E-state index contributed by atoms with van der Waals surface area (Å²) >= 11 is 6.85. The molecule has 448 valence electrons. The third kappa shape index (κ3) is 10.6. The maximum Gasteiger partial charge on any atom is 0.297 e. The largest absolute Gasteiger partial charge is 0.491 e. The number of amides is 1. The number of hydrogen-bond donors (Lipinski definition) is 3. The average Bonchev–Trinajstić information content (AvgIpc) is 2.79. The Morgan fingerprint density at radius 3 is 2.52 bits per heavy atom. The summed E-state index contributed by atoms with van der Waals surface area (Å²) in [7, 11) is -4.72. The zero-order chi connectivity index (χ0) is 58.3. The van der Waals surface area contributed by atoms with Gasteiger partial charge in [0.05, 0.1) is 71.2 Å². The van der Waals surface area contributed by atoms with E-state index in [4.69, 9.17) is 45.0 Å². The van der Waals surface area contributed by atoms with E-state index >= 15 is 0 Å². The van der Waals surface area contributed by atoms with E-state index in [1.807, 2.05) is 36.5 Å². The smallest absolute Gasteiger partial charge is 0.297 e. The number of fused-ring (bicyclic) bond motifs is 5. The van der Waals surface area contributed by atoms with Gasteiger partial charge in [0.15, 0.2) is 11.4 Å². The predicted molar refractivity (Wildman–Crippen MR) is 321 cm³/mol. The molecule has 6 aromatic rings. The van der Waals surface area contributed by atoms with Crippen LogP contribution >= 0.6 is 11.6 Å². The number of piperazine rings is 1. The normalized spacial score (nSPS) is 24.5. The topological polar surface area (TPSA) is 215 Å². The Labute approximate surface area is 499 Å². The number of carbonyl (C=O) groups is 1. The lowest BCUT2D eigenvalue weighted by molar-refractivity contribution is -0.384. The summed E-state index contributed by atoms with van der Waals surface area (Å²) in [5, 5.41) is 17.5. The number of nitro benzene ring substituents is 1. The van der Waals surface area contributed by atoms with E-state index in [2.05, 4.69) is 85.7 Å². The molecule has 2 aromatic heterocycles. The van der Waals surface area contributed by atoms with E-state index < -0.39 is 37.5 Å². The van der Waals surface area contributed by atoms with Crippen LogP contribution in [0, 0.1) is 28.4 Å². The van der Waals surface area contributed by atoms with Gasteiger partial charge in [-0.15, -0.1) is 0 Å². The van der Waals surface area contributed by atoms with Crippen LogP contribution in [0.15, 0.2) is 90.0 Å². The number of benzene rings is 4. The number of H-pyrrole nitrogens is 1. The van der Waals surface area contributed by atoms with Crippen molar-refractivity contribution in [1.29, 1.82) is 0 Å². The number of halogens is 1. The number of aryl methyl sites for hydroxylation is 1. The summed E-state index contributed by atoms with van der Waals surface area (Å²) in [5.41, 5.74) is 7.23. The standard InChI is InChI=1S/C63H72ClN9O11S/c1-37(2)83-56-7-5-4-6-44(56)54-32-70(55-35-81-33-47-46(55)24-38(3)25-48(47)64)19-20-71(54)42-30-63(31-42)14-17-69(18-15-63)41-8-9-45(51(27-41)72-50-13-23-80-36-58(50)84-62-53(72)26-40-10-16-65-60(40)67-62)61(74)68-85(77,78)43-28-52(73(75)76)59-57(29-43)82-34-49(66-59)39-11-21-79-22-12-39/h4-10,16,24-29,37,39,42,49-50,54-55,58,66H,11-15,17-23,30-36H2,1-3H3,(H,65,67)(H,68,74)/t49-,50-,54-,55-,58-/m0/s1. The van der Waals surface area contributed by atoms with E-state index in [1.165, 1.54) is 17.2 Å². The molecule has 1 aliphatic carbocycles. The molecule has 0 bridgehead atoms. The molecule has 5 fully saturated rings. The molecule has 3 N–H and O–H groups in total. The summed E-state index contributed by atoms with van der Waals surface area (Å²) < 4.78 is 68.2. The van der Waals surface area contributed by atoms with Crippen LogP contribution in [0.25, 0.3) is 11.0 Å². The summed E-state index contributed by atoms with van der Waals surface area (Å²) in [6, 6.07) is 24.6. The first kappa shape index (κ1) is 56.1. The lowest BCUT2D eigenvalue weighted by atomic mass is 9.59. The molecule has 4 aromatic carbocycles. The molecule has 0 unspecified atom stereocenters. The van der Waals surface area contributed by atoms with Crippen molar-refractivity contribution in [3.05, 3.63) is 128 Å². The van der Waals surface area contributed by atoms with Crippen molar-refractivity contribution in [2.75, 3.05) is 87.5 Å². The van der Waals surface area contributed by atoms with Crippen LogP contribution in [0.1, 0.15) is 103 Å². The number of nitrogens with one attached hydrogen (secondary N) is 3. The number of pyridine rings is 1. The monoisotopic (exact) mass is 1200 g/mol. The molecular formula is C63H72ClN9O11S. The first-order chi connectivity index (χ1) is 41.2. The van der Waals surface area contributed by atoms with Gasteiger partial charge in [0.1, 0.15) is 29.8 Å². The van der Waals surface area contributed by atoms with Crippen LogP contribution < -0.4 is 34.0 Å². The Morgan fingerprint density at radius 2 is 1.71 bits per heavy atom. The van der Waals surface area contributed by atoms with Crippen LogP contribution in [-0.2, 0) is 30.8 Å². The highest BCUT2D eigenvalue weighted by Crippen LogP contribution is 2.55. The van der Waals surface area contributed by atoms with Crippen LogP contribution in [-0.4, -0.2) is 142 Å². The number of sulfonamides is 1. The number of aromatic nitrogens is 2. The molecular weight excluding hydrogens is 1130 g/mol. The molecule has 0 radical (unpaired) electrons. The number of para-hydroxylation sites is 1. The molecule has 9 heterocycles. The SMILES string of the molecule is Cc1cc(Cl)c2c(c1)[C@@H](N1CCN(C3CC4(CCN(c5ccc(C(=O)NS(=O)(=O)c6cc7c(c([N+](=O)[O-])c6)N[C@H](C6CCOCC6)CO7)c(N6c7cc8cc[nH]c8nc7O[C@H]7COCC[C@@H]76)c5)CC4)C3)[C@H](c3ccccc3OC(C)C)C1)COC2. The Hall–Kier alpha value is -6.72. The average molecular weight is 1200 g/mol. The van der Waals surface area contributed by atoms with Crippen molar-refractivity contribution < 1.29 is 46.6 Å². The maximum absolute atomic E-state index is 15.0. The lowest BCUT2D eigenvalue weighted by Crippen LogP contribution is -2.60. The molecule has 4 saturated heterocycles. The Balaban J connectivity index is 0.740. The van der Waals surface area contributed by atoms with E-state index in [9.17, 15) is 23.3 Å². The summed E-state index contributed by atoms with van der Waals surface area (Å²) in [6.07, 6.45) is 7.58. The highest BCUT2D eigenvalue weighted by molar-refractivity contribution is 7.90. The number of nitrogens with zero attached hydrogens (tertiary/aromatic N) is 6. The predicted octanol–water partition coefficient (Wildman–Crippen LogP) is 10.0. The van der Waals surface area contributed by atoms with Crippen molar-refractivity contribution in [2.24, 2.45) is 11.3 Å². The number of nitro groups is 1. The quantitative estimate of drug-likeness (QED) is 0.0767. The second-order valence-electron chi connectivity index (χ2n) is 24.8. The highest BCUT2D eigenvalue weighted by atomic mass is 35.5. The molecule has 20 nitrogen and oxygen atoms in total. The Bertz CT molecular complexity index is 3680. The van der Waals surface area contributed by atoms with Gasteiger partial charge in [0, 0.05) is 104 Å². The second kappa shape index (κ2) is 22.5. The van der Waals surface area contributed by atoms with Gasteiger partial charge >= 0.3 is 0 Å². The third-order valence-electron chi connectivity index (χ3n) is 19.2. The summed E-state index contributed by atoms with van der Waals surface area (Å²) in [4.78, 5) is 44.4. The Kier molecular flexibility index (Phi) is 14.9. The fourth-order valence-electron chi connectivity index (χ4n) is 14.9. The minimum atomic E-state index is -4.72. The molecule has 22 heteroatoms. The molecule has 1 amide bonds. The number of ether oxygens (including phenoxy) is 6. The van der Waals surface area contributed by atoms with Crippen LogP contribution in [0.4, 0.5) is 28.4 Å². The van der Waals surface area contributed by atoms with Gasteiger partial charge < -0.3 is 48.5 Å². The minimum Gasteiger partial charge on any atom is -0.491 e. The van der Waals surface area contributed by atoms with Crippen LogP contribution in [0.5, 0.6) is 17.4 Å². The van der Waals surface area contributed by atoms with Crippen LogP contribution in [0.2, 0.25) is 5.02 Å². The summed E-state index contributed by atoms with van der Waals surface area (Å²) in [6.45, 7) is 13.7. The van der Waals surface area contributed by atoms with E-state index in [0.717, 1.165) is 110 Å². The van der Waals surface area contributed by atoms with E-state index in [0.29, 0.717) is 68.4 Å². The van der Waals surface area contributed by atoms with Crippen molar-refractivity contribution in [2.45, 2.75) is 120 Å². The Morgan fingerprint density at radius 1 is 0.894 bits per heavy atom. The number of hydrogen-bond acceptors (Lipinski definition) is 17. The number of rotatable bonds is 12. The first-order valence-electron chi connectivity index (χ1n) is 30.1. The lowest BCUT2D eigenvalue weighted by Gasteiger charge is -2.59. The third-order valence-corrected chi connectivity index (χ3v) is 20.9. The van der Waals surface area contributed by atoms with Gasteiger partial charge in [0.25, 0.3) is 21.6 Å². The van der Waals surface area contributed by atoms with Crippen molar-refractivity contribution >= 4 is 67.0 Å². The van der Waals surface area contributed by atoms with Crippen molar-refractivity contribution in [3.8, 4) is 17.4 Å². The molecule has 8 aliphatic rings. The number of piperidine rings is 1. The molecule has 1 saturated carbocycles. The van der Waals surface area contributed by atoms with Gasteiger partial charge in [-0.3, -0.25) is 24.7 Å². The molecule has 14 rings (SSSR count). The number of anilines is 4. The van der Waals surface area contributed by atoms with Gasteiger partial charge in [-0.25, -0.2) is 13.1 Å². The molecule has 5 atom stereocenters. The van der Waals surface area contributed by atoms with E-state index in [-0.39, 0.29) is 71.8 Å². The highest BCUT2D eigenvalue weighted by Gasteiger charge is 2.51. The zero-order valence-electron chi connectivity index (χ0n) is 48.1. The number of carbonyl (C=O) groups excluding carboxylic acids is 1. The number of aromatic amines is 1. The van der Waals surface area contributed by atoms with Crippen LogP contribution in [0.3, 0.4) is 0 Å². The molecule has 7 aliphatic heterocycles. The van der Waals surface area contributed by atoms with Crippen molar-refractivity contribution in [3.63, 3.8) is 0 Å². The fourth-order valence-corrected chi connectivity index (χ4v) is 16.2. The second-order valence-corrected chi connectivity index (χ2v) is 26.8. The fraction of sp³-hybridized carbons (Fsp3) is 0.492. The van der Waals surface area contributed by atoms with Gasteiger partial charge in [-0.1, -0.05) is 35.9 Å². The van der Waals surface area contributed by atoms with Crippen molar-refractivity contribution in [1.82, 2.24) is 24.5 Å². The summed E-state index contributed by atoms with van der Waals surface area (Å²) in [5.74, 6) is 0.559.